The van der Waals surface area contributed by atoms with E-state index in [1.165, 1.54) is 19.9 Å². The molecule has 3 aromatic rings. The lowest BCUT2D eigenvalue weighted by molar-refractivity contribution is -0.0177. The maximum Gasteiger partial charge on any atom is 0.335 e. The molecule has 13 nitrogen and oxygen atoms in total. The first-order chi connectivity index (χ1) is 23.2. The number of aromatic carboxylic acids is 1. The molecule has 0 saturated heterocycles. The van der Waals surface area contributed by atoms with E-state index in [0.29, 0.717) is 31.9 Å². The second-order valence-electron chi connectivity index (χ2n) is 13.0. The number of rotatable bonds is 10. The van der Waals surface area contributed by atoms with Gasteiger partial charge in [0.2, 0.25) is 0 Å². The van der Waals surface area contributed by atoms with Crippen molar-refractivity contribution in [3.8, 4) is 5.75 Å². The Morgan fingerprint density at radius 2 is 1.86 bits per heavy atom. The molecule has 49 heavy (non-hydrogen) atoms. The lowest BCUT2D eigenvalue weighted by Gasteiger charge is -2.36. The molecule has 268 valence electrons. The summed E-state index contributed by atoms with van der Waals surface area (Å²) >= 11 is 0. The normalized spacial score (nSPS) is 20.3. The van der Waals surface area contributed by atoms with Gasteiger partial charge in [-0.1, -0.05) is 24.2 Å². The number of nitrogens with one attached hydrogen (secondary N) is 1. The van der Waals surface area contributed by atoms with Crippen LogP contribution >= 0.6 is 0 Å². The van der Waals surface area contributed by atoms with E-state index in [-0.39, 0.29) is 64.4 Å². The van der Waals surface area contributed by atoms with Crippen LogP contribution in [0.1, 0.15) is 77.8 Å². The fourth-order valence-electron chi connectivity index (χ4n) is 5.95. The number of aliphatic hydroxyl groups is 1. The molecule has 0 radical (unpaired) electrons. The molecule has 2 heterocycles. The van der Waals surface area contributed by atoms with Crippen molar-refractivity contribution in [3.05, 3.63) is 70.6 Å². The summed E-state index contributed by atoms with van der Waals surface area (Å²) in [5.41, 5.74) is 1.72. The van der Waals surface area contributed by atoms with Crippen molar-refractivity contribution in [2.45, 2.75) is 83.6 Å². The highest BCUT2D eigenvalue weighted by Gasteiger charge is 2.31. The van der Waals surface area contributed by atoms with Gasteiger partial charge in [0.05, 0.1) is 36.0 Å². The van der Waals surface area contributed by atoms with E-state index in [1.54, 1.807) is 48.2 Å². The summed E-state index contributed by atoms with van der Waals surface area (Å²) in [5, 5.41) is 23.2. The standard InChI is InChI=1S/C35H48N4O9S/c1-22-18-39(23(2)21-40)34(41)30-17-29(37-49(44,45)33-25(4)36-48-26(33)5)14-15-31(30)47-24(3)9-7-8-16-46-32(22)20-38(6)19-27-10-12-28(13-11-27)35(42)43/h10-15,17,22-24,32,37,40H,7-9,16,18-21H2,1-6H3,(H,42,43)/t22-,23-,24-,32+/m1/s1. The van der Waals surface area contributed by atoms with Crippen molar-refractivity contribution in [3.63, 3.8) is 0 Å². The highest BCUT2D eigenvalue weighted by Crippen LogP contribution is 2.30. The van der Waals surface area contributed by atoms with Crippen LogP contribution in [-0.4, -0.2) is 97.1 Å². The fourth-order valence-corrected chi connectivity index (χ4v) is 7.33. The molecule has 0 unspecified atom stereocenters. The first-order valence-corrected chi connectivity index (χ1v) is 18.0. The van der Waals surface area contributed by atoms with Crippen LogP contribution in [0.5, 0.6) is 5.75 Å². The number of fused-ring (bicyclic) bond motifs is 1. The summed E-state index contributed by atoms with van der Waals surface area (Å²) in [4.78, 5) is 29.3. The van der Waals surface area contributed by atoms with Gasteiger partial charge in [-0.25, -0.2) is 13.2 Å². The van der Waals surface area contributed by atoms with Gasteiger partial charge in [-0.05, 0) is 89.9 Å². The molecule has 4 atom stereocenters. The lowest BCUT2D eigenvalue weighted by Crippen LogP contribution is -2.47. The Bertz CT molecular complexity index is 1670. The molecule has 0 bridgehead atoms. The number of carbonyl (C=O) groups is 2. The first-order valence-electron chi connectivity index (χ1n) is 16.5. The van der Waals surface area contributed by atoms with E-state index in [2.05, 4.69) is 14.8 Å². The van der Waals surface area contributed by atoms with Crippen molar-refractivity contribution in [1.82, 2.24) is 15.0 Å². The zero-order valence-electron chi connectivity index (χ0n) is 29.0. The Morgan fingerprint density at radius 3 is 2.49 bits per heavy atom. The molecular weight excluding hydrogens is 652 g/mol. The van der Waals surface area contributed by atoms with Gasteiger partial charge in [0.25, 0.3) is 15.9 Å². The van der Waals surface area contributed by atoms with Gasteiger partial charge < -0.3 is 29.1 Å². The van der Waals surface area contributed by atoms with Crippen LogP contribution in [0.25, 0.3) is 0 Å². The number of ether oxygens (including phenoxy) is 2. The van der Waals surface area contributed by atoms with E-state index in [1.807, 2.05) is 20.9 Å². The van der Waals surface area contributed by atoms with Crippen LogP contribution in [0.2, 0.25) is 0 Å². The maximum absolute atomic E-state index is 14.4. The number of aliphatic hydroxyl groups excluding tert-OH is 1. The van der Waals surface area contributed by atoms with Gasteiger partial charge in [-0.15, -0.1) is 0 Å². The number of nitrogens with zero attached hydrogens (tertiary/aromatic N) is 3. The Morgan fingerprint density at radius 1 is 1.14 bits per heavy atom. The number of anilines is 1. The second kappa shape index (κ2) is 16.6. The number of aromatic nitrogens is 1. The molecule has 1 aromatic heterocycles. The van der Waals surface area contributed by atoms with Gasteiger partial charge in [-0.3, -0.25) is 14.4 Å². The third-order valence-corrected chi connectivity index (χ3v) is 10.3. The summed E-state index contributed by atoms with van der Waals surface area (Å²) in [6.45, 7) is 10.3. The second-order valence-corrected chi connectivity index (χ2v) is 14.6. The van der Waals surface area contributed by atoms with E-state index in [9.17, 15) is 28.2 Å². The highest BCUT2D eigenvalue weighted by atomic mass is 32.2. The molecule has 0 fully saturated rings. The van der Waals surface area contributed by atoms with Crippen LogP contribution in [0.15, 0.2) is 51.9 Å². The minimum absolute atomic E-state index is 0.0681. The van der Waals surface area contributed by atoms with Gasteiger partial charge >= 0.3 is 5.97 Å². The molecule has 1 amide bonds. The Balaban J connectivity index is 1.63. The van der Waals surface area contributed by atoms with Crippen molar-refractivity contribution in [2.24, 2.45) is 5.92 Å². The quantitative estimate of drug-likeness (QED) is 0.267. The zero-order valence-corrected chi connectivity index (χ0v) is 29.8. The number of hydrogen-bond donors (Lipinski definition) is 3. The SMILES string of the molecule is Cc1noc(C)c1S(=O)(=O)Nc1ccc2c(c1)C(=O)N([C@H](C)CO)C[C@@H](C)[C@H](CN(C)Cc1ccc(C(=O)O)cc1)OCCCC[C@@H](C)O2. The van der Waals surface area contributed by atoms with Gasteiger partial charge in [0.15, 0.2) is 10.7 Å². The summed E-state index contributed by atoms with van der Waals surface area (Å²) in [6.07, 6.45) is 1.84. The van der Waals surface area contributed by atoms with Crippen LogP contribution in [0.3, 0.4) is 0 Å². The fraction of sp³-hybridized carbons (Fsp3) is 0.514. The summed E-state index contributed by atoms with van der Waals surface area (Å²) < 4.78 is 46.9. The van der Waals surface area contributed by atoms with Gasteiger partial charge in [-0.2, -0.15) is 0 Å². The Kier molecular flexibility index (Phi) is 12.8. The molecule has 3 N–H and O–H groups in total. The molecule has 0 spiro atoms. The molecular formula is C35H48N4O9S. The smallest absolute Gasteiger partial charge is 0.335 e. The summed E-state index contributed by atoms with van der Waals surface area (Å²) in [6, 6.07) is 10.8. The van der Waals surface area contributed by atoms with Gasteiger partial charge in [0.1, 0.15) is 11.4 Å². The predicted octanol–water partition coefficient (Wildman–Crippen LogP) is 4.72. The Labute approximate surface area is 288 Å². The number of likely N-dealkylation sites (N-methyl/N-ethyl adjacent to an activating group) is 1. The number of hydrogen-bond acceptors (Lipinski definition) is 10. The minimum Gasteiger partial charge on any atom is -0.490 e. The van der Waals surface area contributed by atoms with Crippen molar-refractivity contribution < 1.29 is 42.2 Å². The Hall–Kier alpha value is -3.98. The van der Waals surface area contributed by atoms with Crippen molar-refractivity contribution in [2.75, 3.05) is 38.1 Å². The van der Waals surface area contributed by atoms with Crippen LogP contribution in [-0.2, 0) is 21.3 Å². The van der Waals surface area contributed by atoms with Crippen molar-refractivity contribution in [1.29, 1.82) is 0 Å². The number of carbonyl (C=O) groups excluding carboxylic acids is 1. The number of carboxylic acids is 1. The number of sulfonamides is 1. The summed E-state index contributed by atoms with van der Waals surface area (Å²) in [7, 11) is -2.12. The molecule has 1 aliphatic rings. The van der Waals surface area contributed by atoms with Crippen LogP contribution in [0, 0.1) is 19.8 Å². The average molecular weight is 701 g/mol. The molecule has 0 aliphatic carbocycles. The topological polar surface area (TPSA) is 172 Å². The molecule has 1 aliphatic heterocycles. The van der Waals surface area contributed by atoms with E-state index < -0.39 is 27.9 Å². The molecule has 14 heteroatoms. The highest BCUT2D eigenvalue weighted by molar-refractivity contribution is 7.92. The lowest BCUT2D eigenvalue weighted by atomic mass is 10.0. The van der Waals surface area contributed by atoms with E-state index in [0.717, 1.165) is 18.4 Å². The monoisotopic (exact) mass is 700 g/mol. The molecule has 2 aromatic carbocycles. The number of aryl methyl sites for hydroxylation is 2. The first kappa shape index (κ1) is 37.8. The predicted molar refractivity (Wildman–Crippen MR) is 183 cm³/mol. The van der Waals surface area contributed by atoms with Crippen LogP contribution in [0.4, 0.5) is 5.69 Å². The van der Waals surface area contributed by atoms with Gasteiger partial charge in [0, 0.05) is 37.8 Å². The minimum atomic E-state index is -4.09. The summed E-state index contributed by atoms with van der Waals surface area (Å²) in [5.74, 6) is -1.10. The largest absolute Gasteiger partial charge is 0.490 e. The molecule has 0 saturated carbocycles. The number of amides is 1. The number of carboxylic acid groups (broad SMARTS) is 1. The third kappa shape index (κ3) is 9.81. The third-order valence-electron chi connectivity index (χ3n) is 8.69. The van der Waals surface area contributed by atoms with E-state index >= 15 is 0 Å². The van der Waals surface area contributed by atoms with Crippen molar-refractivity contribution >= 4 is 27.6 Å². The zero-order chi connectivity index (χ0) is 35.9. The number of benzene rings is 2. The average Bonchev–Trinajstić information content (AvgIpc) is 3.40. The maximum atomic E-state index is 14.4. The van der Waals surface area contributed by atoms with E-state index in [4.69, 9.17) is 14.0 Å². The molecule has 4 rings (SSSR count). The van der Waals surface area contributed by atoms with Crippen LogP contribution < -0.4 is 9.46 Å².